The highest BCUT2D eigenvalue weighted by atomic mass is 79.9. The van der Waals surface area contributed by atoms with Gasteiger partial charge in [0.05, 0.1) is 4.90 Å². The number of benzene rings is 1. The molecule has 0 N–H and O–H groups in total. The predicted octanol–water partition coefficient (Wildman–Crippen LogP) is 3.32. The van der Waals surface area contributed by atoms with Crippen LogP contribution < -0.4 is 0 Å². The van der Waals surface area contributed by atoms with Crippen LogP contribution in [0, 0.1) is 6.92 Å². The third kappa shape index (κ3) is 2.49. The molecule has 0 spiro atoms. The van der Waals surface area contributed by atoms with Crippen LogP contribution in [0.3, 0.4) is 0 Å². The van der Waals surface area contributed by atoms with Crippen LogP contribution in [0.5, 0.6) is 0 Å². The smallest absolute Gasteiger partial charge is 0.207 e. The lowest BCUT2D eigenvalue weighted by atomic mass is 10.2. The Kier molecular flexibility index (Phi) is 4.14. The minimum atomic E-state index is -3.33. The zero-order chi connectivity index (χ0) is 13.3. The van der Waals surface area contributed by atoms with E-state index >= 15 is 0 Å². The molecule has 5 heteroatoms. The fourth-order valence-electron chi connectivity index (χ4n) is 2.45. The van der Waals surface area contributed by atoms with E-state index < -0.39 is 10.0 Å². The highest BCUT2D eigenvalue weighted by Gasteiger charge is 2.34. The zero-order valence-corrected chi connectivity index (χ0v) is 13.1. The summed E-state index contributed by atoms with van der Waals surface area (Å²) in [5.41, 5.74) is 0.948. The van der Waals surface area contributed by atoms with Gasteiger partial charge in [0.15, 0.2) is 0 Å². The van der Waals surface area contributed by atoms with E-state index in [0.717, 1.165) is 29.3 Å². The van der Waals surface area contributed by atoms with Gasteiger partial charge in [0.2, 0.25) is 10.0 Å². The molecule has 0 radical (unpaired) electrons. The molecule has 1 atom stereocenters. The van der Waals surface area contributed by atoms with Gasteiger partial charge in [-0.3, -0.25) is 0 Å². The van der Waals surface area contributed by atoms with Crippen LogP contribution in [0.4, 0.5) is 0 Å². The van der Waals surface area contributed by atoms with Crippen molar-refractivity contribution in [2.75, 3.05) is 6.54 Å². The van der Waals surface area contributed by atoms with Gasteiger partial charge < -0.3 is 0 Å². The van der Waals surface area contributed by atoms with Crippen molar-refractivity contribution in [3.8, 4) is 0 Å². The summed E-state index contributed by atoms with van der Waals surface area (Å²) in [5.74, 6) is 0. The van der Waals surface area contributed by atoms with Gasteiger partial charge in [0.25, 0.3) is 0 Å². The maximum absolute atomic E-state index is 12.6. The first kappa shape index (κ1) is 14.0. The topological polar surface area (TPSA) is 37.4 Å². The van der Waals surface area contributed by atoms with Crippen LogP contribution in [0.2, 0.25) is 0 Å². The molecule has 1 aliphatic rings. The number of hydrogen-bond acceptors (Lipinski definition) is 2. The highest BCUT2D eigenvalue weighted by Crippen LogP contribution is 2.29. The van der Waals surface area contributed by atoms with Crippen molar-refractivity contribution in [1.82, 2.24) is 4.31 Å². The maximum Gasteiger partial charge on any atom is 0.243 e. The Bertz CT molecular complexity index is 542. The van der Waals surface area contributed by atoms with E-state index in [1.165, 1.54) is 0 Å². The fourth-order valence-corrected chi connectivity index (χ4v) is 4.55. The van der Waals surface area contributed by atoms with Gasteiger partial charge in [-0.05, 0) is 49.9 Å². The molecule has 0 aromatic heterocycles. The standard InChI is InChI=1S/C13H18BrNO2S/c1-3-11-5-4-8-15(11)18(16,17)12-6-7-13(14)10(2)9-12/h6-7,9,11H,3-5,8H2,1-2H3. The first-order chi connectivity index (χ1) is 8.46. The summed E-state index contributed by atoms with van der Waals surface area (Å²) in [5, 5.41) is 0. The molecule has 18 heavy (non-hydrogen) atoms. The Hall–Kier alpha value is -0.390. The van der Waals surface area contributed by atoms with E-state index in [4.69, 9.17) is 0 Å². The van der Waals surface area contributed by atoms with Crippen molar-refractivity contribution in [3.63, 3.8) is 0 Å². The maximum atomic E-state index is 12.6. The number of nitrogens with zero attached hydrogens (tertiary/aromatic N) is 1. The lowest BCUT2D eigenvalue weighted by Gasteiger charge is -2.23. The minimum absolute atomic E-state index is 0.166. The molecule has 0 bridgehead atoms. The lowest BCUT2D eigenvalue weighted by molar-refractivity contribution is 0.379. The van der Waals surface area contributed by atoms with Crippen LogP contribution in [0.1, 0.15) is 31.7 Å². The summed E-state index contributed by atoms with van der Waals surface area (Å²) in [6.07, 6.45) is 2.83. The van der Waals surface area contributed by atoms with Crippen LogP contribution >= 0.6 is 15.9 Å². The van der Waals surface area contributed by atoms with Crippen molar-refractivity contribution in [3.05, 3.63) is 28.2 Å². The Morgan fingerprint density at radius 2 is 2.17 bits per heavy atom. The Morgan fingerprint density at radius 1 is 1.44 bits per heavy atom. The first-order valence-electron chi connectivity index (χ1n) is 6.25. The monoisotopic (exact) mass is 331 g/mol. The molecular formula is C13H18BrNO2S. The highest BCUT2D eigenvalue weighted by molar-refractivity contribution is 9.10. The van der Waals surface area contributed by atoms with Gasteiger partial charge in [-0.2, -0.15) is 4.31 Å². The van der Waals surface area contributed by atoms with Gasteiger partial charge in [-0.25, -0.2) is 8.42 Å². The summed E-state index contributed by atoms with van der Waals surface area (Å²) in [6, 6.07) is 5.39. The number of aryl methyl sites for hydroxylation is 1. The molecule has 0 amide bonds. The van der Waals surface area contributed by atoms with Gasteiger partial charge in [-0.15, -0.1) is 0 Å². The van der Waals surface area contributed by atoms with E-state index in [0.29, 0.717) is 11.4 Å². The molecule has 100 valence electrons. The van der Waals surface area contributed by atoms with Gasteiger partial charge in [0, 0.05) is 17.1 Å². The van der Waals surface area contributed by atoms with Crippen LogP contribution in [0.25, 0.3) is 0 Å². The second-order valence-electron chi connectivity index (χ2n) is 4.73. The summed E-state index contributed by atoms with van der Waals surface area (Å²) in [4.78, 5) is 0.406. The van der Waals surface area contributed by atoms with Gasteiger partial charge >= 0.3 is 0 Å². The van der Waals surface area contributed by atoms with E-state index in [1.807, 2.05) is 13.8 Å². The Labute approximate surface area is 117 Å². The molecule has 1 unspecified atom stereocenters. The molecule has 0 aliphatic carbocycles. The number of sulfonamides is 1. The average molecular weight is 332 g/mol. The molecule has 2 rings (SSSR count). The SMILES string of the molecule is CCC1CCCN1S(=O)(=O)c1ccc(Br)c(C)c1. The van der Waals surface area contributed by atoms with E-state index in [2.05, 4.69) is 15.9 Å². The largest absolute Gasteiger partial charge is 0.243 e. The molecule has 1 aromatic rings. The second kappa shape index (κ2) is 5.31. The van der Waals surface area contributed by atoms with Crippen LogP contribution in [-0.4, -0.2) is 25.3 Å². The van der Waals surface area contributed by atoms with E-state index in [-0.39, 0.29) is 6.04 Å². The van der Waals surface area contributed by atoms with Crippen molar-refractivity contribution >= 4 is 26.0 Å². The Morgan fingerprint density at radius 3 is 2.78 bits per heavy atom. The number of rotatable bonds is 3. The molecule has 1 aromatic carbocycles. The van der Waals surface area contributed by atoms with Gasteiger partial charge in [0.1, 0.15) is 0 Å². The zero-order valence-electron chi connectivity index (χ0n) is 10.7. The third-order valence-corrected chi connectivity index (χ3v) is 6.37. The number of hydrogen-bond donors (Lipinski definition) is 0. The summed E-state index contributed by atoms with van der Waals surface area (Å²) in [7, 11) is -3.33. The number of halogens is 1. The van der Waals surface area contributed by atoms with Crippen LogP contribution in [0.15, 0.2) is 27.6 Å². The summed E-state index contributed by atoms with van der Waals surface area (Å²) >= 11 is 3.40. The van der Waals surface area contributed by atoms with Crippen LogP contribution in [-0.2, 0) is 10.0 Å². The predicted molar refractivity (Wildman–Crippen MR) is 76.1 cm³/mol. The van der Waals surface area contributed by atoms with Gasteiger partial charge in [-0.1, -0.05) is 22.9 Å². The van der Waals surface area contributed by atoms with E-state index in [9.17, 15) is 8.42 Å². The third-order valence-electron chi connectivity index (χ3n) is 3.53. The first-order valence-corrected chi connectivity index (χ1v) is 8.48. The lowest BCUT2D eigenvalue weighted by Crippen LogP contribution is -2.35. The van der Waals surface area contributed by atoms with Crippen molar-refractivity contribution in [2.24, 2.45) is 0 Å². The van der Waals surface area contributed by atoms with Crippen molar-refractivity contribution in [2.45, 2.75) is 44.0 Å². The molecule has 1 fully saturated rings. The molecule has 0 saturated carbocycles. The molecule has 1 saturated heterocycles. The second-order valence-corrected chi connectivity index (χ2v) is 7.48. The normalized spacial score (nSPS) is 21.4. The van der Waals surface area contributed by atoms with Crippen molar-refractivity contribution < 1.29 is 8.42 Å². The van der Waals surface area contributed by atoms with Crippen molar-refractivity contribution in [1.29, 1.82) is 0 Å². The molecule has 3 nitrogen and oxygen atoms in total. The molecular weight excluding hydrogens is 314 g/mol. The molecule has 1 aliphatic heterocycles. The summed E-state index contributed by atoms with van der Waals surface area (Å²) in [6.45, 7) is 4.60. The van der Waals surface area contributed by atoms with E-state index in [1.54, 1.807) is 22.5 Å². The molecule has 1 heterocycles. The minimum Gasteiger partial charge on any atom is -0.207 e. The quantitative estimate of drug-likeness (QED) is 0.851. The fraction of sp³-hybridized carbons (Fsp3) is 0.538. The Balaban J connectivity index is 2.38. The average Bonchev–Trinajstić information content (AvgIpc) is 2.81. The summed E-state index contributed by atoms with van der Waals surface area (Å²) < 4.78 is 27.8.